The smallest absolute Gasteiger partial charge is 0.255 e. The van der Waals surface area contributed by atoms with Gasteiger partial charge in [-0.25, -0.2) is 0 Å². The number of rotatable bonds is 4. The van der Waals surface area contributed by atoms with E-state index >= 15 is 0 Å². The third-order valence-corrected chi connectivity index (χ3v) is 3.46. The minimum Gasteiger partial charge on any atom is -0.322 e. The number of halogens is 1. The zero-order valence-corrected chi connectivity index (χ0v) is 12.5. The monoisotopic (exact) mass is 302 g/mol. The van der Waals surface area contributed by atoms with Crippen molar-refractivity contribution in [3.63, 3.8) is 0 Å². The molecule has 108 valence electrons. The van der Waals surface area contributed by atoms with E-state index in [1.165, 1.54) is 17.7 Å². The maximum atomic E-state index is 12.1. The summed E-state index contributed by atoms with van der Waals surface area (Å²) in [7, 11) is 0. The summed E-state index contributed by atoms with van der Waals surface area (Å²) in [5, 5.41) is 5.78. The van der Waals surface area contributed by atoms with Crippen molar-refractivity contribution in [3.05, 3.63) is 63.5 Å². The molecule has 0 heterocycles. The summed E-state index contributed by atoms with van der Waals surface area (Å²) in [6, 6.07) is 12.0. The maximum absolute atomic E-state index is 12.1. The third kappa shape index (κ3) is 3.67. The van der Waals surface area contributed by atoms with Gasteiger partial charge in [0.15, 0.2) is 0 Å². The number of carbonyl (C=O) groups is 1. The molecule has 0 spiro atoms. The van der Waals surface area contributed by atoms with Crippen LogP contribution in [0.4, 0.5) is 11.4 Å². The van der Waals surface area contributed by atoms with E-state index in [1.807, 2.05) is 24.3 Å². The Morgan fingerprint density at radius 3 is 2.38 bits per heavy atom. The molecule has 0 bridgehead atoms. The molecule has 2 rings (SSSR count). The Bertz CT molecular complexity index is 666. The minimum absolute atomic E-state index is 0.0551. The van der Waals surface area contributed by atoms with Crippen LogP contribution in [0, 0.1) is 4.91 Å². The Kier molecular flexibility index (Phi) is 4.70. The van der Waals surface area contributed by atoms with E-state index in [4.69, 9.17) is 11.6 Å². The number of hydrogen-bond donors (Lipinski definition) is 1. The van der Waals surface area contributed by atoms with Crippen LogP contribution in [0.25, 0.3) is 0 Å². The average molecular weight is 303 g/mol. The molecule has 2 aromatic rings. The maximum Gasteiger partial charge on any atom is 0.255 e. The summed E-state index contributed by atoms with van der Waals surface area (Å²) in [5.41, 5.74) is 2.29. The van der Waals surface area contributed by atoms with Crippen molar-refractivity contribution in [2.45, 2.75) is 19.8 Å². The van der Waals surface area contributed by atoms with Crippen molar-refractivity contribution in [3.8, 4) is 0 Å². The van der Waals surface area contributed by atoms with E-state index in [9.17, 15) is 9.70 Å². The van der Waals surface area contributed by atoms with Gasteiger partial charge in [-0.3, -0.25) is 4.79 Å². The average Bonchev–Trinajstić information content (AvgIpc) is 2.48. The van der Waals surface area contributed by atoms with E-state index in [2.05, 4.69) is 24.3 Å². The number of carbonyl (C=O) groups excluding carboxylic acids is 1. The molecule has 5 heteroatoms. The fourth-order valence-electron chi connectivity index (χ4n) is 1.88. The topological polar surface area (TPSA) is 58.5 Å². The van der Waals surface area contributed by atoms with Gasteiger partial charge < -0.3 is 5.32 Å². The molecule has 2 aromatic carbocycles. The lowest BCUT2D eigenvalue weighted by Crippen LogP contribution is -2.11. The fraction of sp³-hybridized carbons (Fsp3) is 0.188. The lowest BCUT2D eigenvalue weighted by Gasteiger charge is -2.09. The normalized spacial score (nSPS) is 10.5. The molecule has 0 saturated heterocycles. The third-order valence-electron chi connectivity index (χ3n) is 3.14. The fourth-order valence-corrected chi connectivity index (χ4v) is 2.03. The number of anilines is 1. The van der Waals surface area contributed by atoms with Gasteiger partial charge in [-0.05, 0) is 47.0 Å². The minimum atomic E-state index is -0.311. The zero-order valence-electron chi connectivity index (χ0n) is 11.8. The van der Waals surface area contributed by atoms with Crippen LogP contribution < -0.4 is 5.32 Å². The van der Waals surface area contributed by atoms with Gasteiger partial charge in [0.1, 0.15) is 5.69 Å². The first-order valence-corrected chi connectivity index (χ1v) is 6.93. The summed E-state index contributed by atoms with van der Waals surface area (Å²) < 4.78 is 0. The number of amides is 1. The first-order valence-electron chi connectivity index (χ1n) is 6.55. The molecule has 21 heavy (non-hydrogen) atoms. The number of nitrogens with one attached hydrogen (secondary N) is 1. The van der Waals surface area contributed by atoms with Crippen LogP contribution in [0.3, 0.4) is 0 Å². The number of nitroso groups, excluding NO2 is 1. The lowest BCUT2D eigenvalue weighted by molar-refractivity contribution is 0.102. The van der Waals surface area contributed by atoms with Gasteiger partial charge in [-0.15, -0.1) is 4.91 Å². The van der Waals surface area contributed by atoms with Crippen LogP contribution in [0.1, 0.15) is 35.7 Å². The number of benzene rings is 2. The van der Waals surface area contributed by atoms with Gasteiger partial charge in [-0.1, -0.05) is 37.6 Å². The predicted molar refractivity (Wildman–Crippen MR) is 85.4 cm³/mol. The standard InChI is InChI=1S/C16H15ClN2O2/c1-10(2)11-3-6-13(7-4-11)18-16(20)12-5-8-14(17)15(9-12)19-21/h3-10H,1-2H3,(H,18,20). The van der Waals surface area contributed by atoms with Crippen molar-refractivity contribution in [1.29, 1.82) is 0 Å². The van der Waals surface area contributed by atoms with E-state index in [-0.39, 0.29) is 16.6 Å². The first-order chi connectivity index (χ1) is 10.0. The zero-order chi connectivity index (χ0) is 15.4. The molecule has 0 unspecified atom stereocenters. The summed E-state index contributed by atoms with van der Waals surface area (Å²) >= 11 is 5.78. The van der Waals surface area contributed by atoms with E-state index in [0.717, 1.165) is 0 Å². The lowest BCUT2D eigenvalue weighted by atomic mass is 10.0. The van der Waals surface area contributed by atoms with Crippen LogP contribution >= 0.6 is 11.6 Å². The van der Waals surface area contributed by atoms with Crippen molar-refractivity contribution in [1.82, 2.24) is 0 Å². The molecule has 0 aliphatic heterocycles. The van der Waals surface area contributed by atoms with E-state index in [1.54, 1.807) is 6.07 Å². The molecule has 0 saturated carbocycles. The van der Waals surface area contributed by atoms with Gasteiger partial charge >= 0.3 is 0 Å². The molecular formula is C16H15ClN2O2. The largest absolute Gasteiger partial charge is 0.322 e. The van der Waals surface area contributed by atoms with Crippen molar-refractivity contribution >= 4 is 28.9 Å². The molecule has 4 nitrogen and oxygen atoms in total. The summed E-state index contributed by atoms with van der Waals surface area (Å²) in [6.45, 7) is 4.21. The van der Waals surface area contributed by atoms with Gasteiger partial charge in [-0.2, -0.15) is 0 Å². The van der Waals surface area contributed by atoms with Crippen LogP contribution in [0.2, 0.25) is 5.02 Å². The SMILES string of the molecule is CC(C)c1ccc(NC(=O)c2ccc(Cl)c(N=O)c2)cc1. The Balaban J connectivity index is 2.16. The van der Waals surface area contributed by atoms with Crippen LogP contribution in [0.15, 0.2) is 47.6 Å². The van der Waals surface area contributed by atoms with Crippen molar-refractivity contribution < 1.29 is 4.79 Å². The van der Waals surface area contributed by atoms with Crippen LogP contribution in [-0.4, -0.2) is 5.91 Å². The summed E-state index contributed by atoms with van der Waals surface area (Å²) in [6.07, 6.45) is 0. The molecule has 0 radical (unpaired) electrons. The van der Waals surface area contributed by atoms with E-state index < -0.39 is 0 Å². The Morgan fingerprint density at radius 2 is 1.81 bits per heavy atom. The molecule has 0 aliphatic rings. The summed E-state index contributed by atoms with van der Waals surface area (Å²) in [4.78, 5) is 22.7. The molecule has 1 amide bonds. The van der Waals surface area contributed by atoms with Crippen molar-refractivity contribution in [2.75, 3.05) is 5.32 Å². The molecule has 0 aromatic heterocycles. The Morgan fingerprint density at radius 1 is 1.14 bits per heavy atom. The van der Waals surface area contributed by atoms with Crippen LogP contribution in [0.5, 0.6) is 0 Å². The second kappa shape index (κ2) is 6.50. The molecule has 1 N–H and O–H groups in total. The van der Waals surface area contributed by atoms with Crippen LogP contribution in [-0.2, 0) is 0 Å². The highest BCUT2D eigenvalue weighted by Crippen LogP contribution is 2.26. The van der Waals surface area contributed by atoms with Gasteiger partial charge in [0.05, 0.1) is 5.02 Å². The molecular weight excluding hydrogens is 288 g/mol. The Hall–Kier alpha value is -2.20. The molecule has 0 atom stereocenters. The first kappa shape index (κ1) is 15.2. The predicted octanol–water partition coefficient (Wildman–Crippen LogP) is 5.11. The van der Waals surface area contributed by atoms with Gasteiger partial charge in [0, 0.05) is 11.3 Å². The highest BCUT2D eigenvalue weighted by atomic mass is 35.5. The number of hydrogen-bond acceptors (Lipinski definition) is 3. The molecule has 0 fully saturated rings. The Labute approximate surface area is 128 Å². The number of nitrogens with zero attached hydrogens (tertiary/aromatic N) is 1. The van der Waals surface area contributed by atoms with Gasteiger partial charge in [0.2, 0.25) is 0 Å². The second-order valence-electron chi connectivity index (χ2n) is 4.99. The second-order valence-corrected chi connectivity index (χ2v) is 5.40. The molecule has 0 aliphatic carbocycles. The van der Waals surface area contributed by atoms with E-state index in [0.29, 0.717) is 17.2 Å². The van der Waals surface area contributed by atoms with Gasteiger partial charge in [0.25, 0.3) is 5.91 Å². The highest BCUT2D eigenvalue weighted by Gasteiger charge is 2.10. The van der Waals surface area contributed by atoms with Crippen molar-refractivity contribution in [2.24, 2.45) is 5.18 Å². The summed E-state index contributed by atoms with van der Waals surface area (Å²) in [5.74, 6) is 0.126. The highest BCUT2D eigenvalue weighted by molar-refractivity contribution is 6.33. The quantitative estimate of drug-likeness (QED) is 0.797.